The summed E-state index contributed by atoms with van der Waals surface area (Å²) in [6, 6.07) is 0. The molecule has 10 heavy (non-hydrogen) atoms. The first-order valence-corrected chi connectivity index (χ1v) is 3.91. The van der Waals surface area contributed by atoms with Gasteiger partial charge in [0.25, 0.3) is 0 Å². The van der Waals surface area contributed by atoms with Gasteiger partial charge in [0.1, 0.15) is 0 Å². The molecule has 0 aromatic carbocycles. The minimum absolute atomic E-state index is 0. The molecule has 0 aliphatic rings. The Kier molecular flexibility index (Phi) is 27.5. The SMILES string of the molecule is CCCCCCCC.Cl.Cl. The van der Waals surface area contributed by atoms with E-state index in [0.717, 1.165) is 0 Å². The van der Waals surface area contributed by atoms with Gasteiger partial charge in [0.15, 0.2) is 0 Å². The standard InChI is InChI=1S/C8H18.2ClH/c1-3-5-7-8-6-4-2;;/h3-8H2,1-2H3;2*1H. The summed E-state index contributed by atoms with van der Waals surface area (Å²) in [6.45, 7) is 4.51. The molecule has 0 saturated heterocycles. The van der Waals surface area contributed by atoms with Crippen molar-refractivity contribution in [3.63, 3.8) is 0 Å². The molecule has 0 aromatic rings. The molecule has 0 aliphatic heterocycles. The van der Waals surface area contributed by atoms with Crippen LogP contribution in [0.3, 0.4) is 0 Å². The Bertz CT molecular complexity index is 32.2. The van der Waals surface area contributed by atoms with Gasteiger partial charge in [-0.3, -0.25) is 0 Å². The van der Waals surface area contributed by atoms with Crippen LogP contribution in [0.25, 0.3) is 0 Å². The van der Waals surface area contributed by atoms with Gasteiger partial charge in [-0.1, -0.05) is 52.4 Å². The summed E-state index contributed by atoms with van der Waals surface area (Å²) < 4.78 is 0. The molecule has 0 spiro atoms. The quantitative estimate of drug-likeness (QED) is 0.565. The number of hydrogen-bond donors (Lipinski definition) is 0. The number of rotatable bonds is 5. The Hall–Kier alpha value is 0.580. The van der Waals surface area contributed by atoms with Crippen LogP contribution in [0.1, 0.15) is 52.4 Å². The van der Waals surface area contributed by atoms with E-state index in [1.54, 1.807) is 0 Å². The van der Waals surface area contributed by atoms with Crippen LogP contribution in [-0.4, -0.2) is 0 Å². The largest absolute Gasteiger partial charge is 0.147 e. The summed E-state index contributed by atoms with van der Waals surface area (Å²) in [5.74, 6) is 0. The smallest absolute Gasteiger partial charge is 0.0533 e. The maximum atomic E-state index is 2.26. The monoisotopic (exact) mass is 186 g/mol. The zero-order chi connectivity index (χ0) is 6.24. The van der Waals surface area contributed by atoms with E-state index in [0.29, 0.717) is 0 Å². The van der Waals surface area contributed by atoms with E-state index in [9.17, 15) is 0 Å². The van der Waals surface area contributed by atoms with Crippen LogP contribution in [-0.2, 0) is 0 Å². The molecule has 66 valence electrons. The highest BCUT2D eigenvalue weighted by Crippen LogP contribution is 2.03. The van der Waals surface area contributed by atoms with Crippen molar-refractivity contribution >= 4 is 24.8 Å². The predicted molar refractivity (Wildman–Crippen MR) is 53.5 cm³/mol. The molecule has 0 saturated carbocycles. The fraction of sp³-hybridized carbons (Fsp3) is 1.00. The van der Waals surface area contributed by atoms with Crippen molar-refractivity contribution in [2.24, 2.45) is 0 Å². The molecule has 2 heteroatoms. The maximum absolute atomic E-state index is 2.26. The molecular weight excluding hydrogens is 167 g/mol. The second-order valence-electron chi connectivity index (χ2n) is 2.41. The lowest BCUT2D eigenvalue weighted by Crippen LogP contribution is -1.73. The molecule has 0 aliphatic carbocycles. The fourth-order valence-electron chi connectivity index (χ4n) is 0.854. The molecule has 0 unspecified atom stereocenters. The topological polar surface area (TPSA) is 0 Å². The van der Waals surface area contributed by atoms with Crippen LogP contribution < -0.4 is 0 Å². The van der Waals surface area contributed by atoms with Gasteiger partial charge < -0.3 is 0 Å². The van der Waals surface area contributed by atoms with E-state index in [-0.39, 0.29) is 24.8 Å². The van der Waals surface area contributed by atoms with Crippen LogP contribution in [0.5, 0.6) is 0 Å². The first-order valence-electron chi connectivity index (χ1n) is 3.91. The summed E-state index contributed by atoms with van der Waals surface area (Å²) >= 11 is 0. The van der Waals surface area contributed by atoms with E-state index >= 15 is 0 Å². The van der Waals surface area contributed by atoms with Crippen molar-refractivity contribution in [1.29, 1.82) is 0 Å². The molecule has 0 heterocycles. The molecule has 0 rings (SSSR count). The molecule has 0 aromatic heterocycles. The Balaban J connectivity index is -0.000000245. The van der Waals surface area contributed by atoms with Gasteiger partial charge in [-0.2, -0.15) is 0 Å². The van der Waals surface area contributed by atoms with Gasteiger partial charge in [-0.05, 0) is 0 Å². The third-order valence-corrected chi connectivity index (χ3v) is 1.46. The summed E-state index contributed by atoms with van der Waals surface area (Å²) in [6.07, 6.45) is 8.49. The molecular formula is C8H20Cl2. The highest BCUT2D eigenvalue weighted by molar-refractivity contribution is 5.85. The van der Waals surface area contributed by atoms with Crippen molar-refractivity contribution in [2.75, 3.05) is 0 Å². The van der Waals surface area contributed by atoms with Crippen LogP contribution in [0, 0.1) is 0 Å². The van der Waals surface area contributed by atoms with Crippen molar-refractivity contribution in [3.05, 3.63) is 0 Å². The van der Waals surface area contributed by atoms with Crippen LogP contribution in [0.15, 0.2) is 0 Å². The van der Waals surface area contributed by atoms with Crippen molar-refractivity contribution in [2.45, 2.75) is 52.4 Å². The fourth-order valence-corrected chi connectivity index (χ4v) is 0.854. The lowest BCUT2D eigenvalue weighted by Gasteiger charge is -1.93. The van der Waals surface area contributed by atoms with Crippen LogP contribution in [0.4, 0.5) is 0 Å². The minimum Gasteiger partial charge on any atom is -0.147 e. The minimum atomic E-state index is 0. The third-order valence-electron chi connectivity index (χ3n) is 1.46. The third kappa shape index (κ3) is 15.8. The molecule has 0 nitrogen and oxygen atoms in total. The summed E-state index contributed by atoms with van der Waals surface area (Å²) in [4.78, 5) is 0. The molecule has 0 amide bonds. The van der Waals surface area contributed by atoms with Gasteiger partial charge in [0, 0.05) is 0 Å². The Labute approximate surface area is 77.6 Å². The van der Waals surface area contributed by atoms with Gasteiger partial charge in [0.2, 0.25) is 0 Å². The van der Waals surface area contributed by atoms with Gasteiger partial charge in [-0.25, -0.2) is 0 Å². The normalized spacial score (nSPS) is 7.80. The number of halogens is 2. The highest BCUT2D eigenvalue weighted by atomic mass is 35.5. The predicted octanol–water partition coefficient (Wildman–Crippen LogP) is 4.21. The van der Waals surface area contributed by atoms with Gasteiger partial charge in [0.05, 0.1) is 0 Å². The second-order valence-corrected chi connectivity index (χ2v) is 2.41. The van der Waals surface area contributed by atoms with Crippen LogP contribution >= 0.6 is 24.8 Å². The van der Waals surface area contributed by atoms with E-state index in [4.69, 9.17) is 0 Å². The Morgan fingerprint density at radius 2 is 0.900 bits per heavy atom. The van der Waals surface area contributed by atoms with E-state index in [2.05, 4.69) is 13.8 Å². The summed E-state index contributed by atoms with van der Waals surface area (Å²) in [7, 11) is 0. The first kappa shape index (κ1) is 16.9. The van der Waals surface area contributed by atoms with E-state index in [1.807, 2.05) is 0 Å². The highest BCUT2D eigenvalue weighted by Gasteiger charge is 1.83. The lowest BCUT2D eigenvalue weighted by atomic mass is 10.1. The second kappa shape index (κ2) is 16.3. The Morgan fingerprint density at radius 3 is 1.10 bits per heavy atom. The molecule has 0 radical (unpaired) electrons. The number of hydrogen-bond acceptors (Lipinski definition) is 0. The molecule has 0 N–H and O–H groups in total. The van der Waals surface area contributed by atoms with Crippen LogP contribution in [0.2, 0.25) is 0 Å². The van der Waals surface area contributed by atoms with E-state index in [1.165, 1.54) is 38.5 Å². The molecule has 0 bridgehead atoms. The zero-order valence-corrected chi connectivity index (χ0v) is 8.69. The Morgan fingerprint density at radius 1 is 0.600 bits per heavy atom. The molecule has 0 atom stereocenters. The van der Waals surface area contributed by atoms with Crippen molar-refractivity contribution < 1.29 is 0 Å². The summed E-state index contributed by atoms with van der Waals surface area (Å²) in [5.41, 5.74) is 0. The summed E-state index contributed by atoms with van der Waals surface area (Å²) in [5, 5.41) is 0. The maximum Gasteiger partial charge on any atom is -0.0533 e. The average molecular weight is 187 g/mol. The zero-order valence-electron chi connectivity index (χ0n) is 7.06. The first-order chi connectivity index (χ1) is 3.91. The average Bonchev–Trinajstić information content (AvgIpc) is 1.81. The van der Waals surface area contributed by atoms with E-state index < -0.39 is 0 Å². The van der Waals surface area contributed by atoms with Gasteiger partial charge in [-0.15, -0.1) is 24.8 Å². The van der Waals surface area contributed by atoms with Gasteiger partial charge >= 0.3 is 0 Å². The number of unbranched alkanes of at least 4 members (excludes halogenated alkanes) is 5. The van der Waals surface area contributed by atoms with Crippen molar-refractivity contribution in [1.82, 2.24) is 0 Å². The van der Waals surface area contributed by atoms with Crippen molar-refractivity contribution in [3.8, 4) is 0 Å². The molecule has 0 fully saturated rings. The lowest BCUT2D eigenvalue weighted by molar-refractivity contribution is 0.624.